The summed E-state index contributed by atoms with van der Waals surface area (Å²) in [7, 11) is 1.57. The average Bonchev–Trinajstić information content (AvgIpc) is 2.88. The highest BCUT2D eigenvalue weighted by Gasteiger charge is 2.21. The Kier molecular flexibility index (Phi) is 6.10. The van der Waals surface area contributed by atoms with Gasteiger partial charge in [0.1, 0.15) is 29.1 Å². The first-order valence-corrected chi connectivity index (χ1v) is 11.2. The molecule has 3 aromatic carbocycles. The summed E-state index contributed by atoms with van der Waals surface area (Å²) in [6.07, 6.45) is 1.31. The highest BCUT2D eigenvalue weighted by molar-refractivity contribution is 5.83. The Morgan fingerprint density at radius 2 is 1.71 bits per heavy atom. The summed E-state index contributed by atoms with van der Waals surface area (Å²) in [5.74, 6) is 1.29. The van der Waals surface area contributed by atoms with Gasteiger partial charge in [0.25, 0.3) is 0 Å². The van der Waals surface area contributed by atoms with Crippen LogP contribution in [0.5, 0.6) is 23.0 Å². The predicted molar refractivity (Wildman–Crippen MR) is 131 cm³/mol. The molecule has 1 fully saturated rings. The van der Waals surface area contributed by atoms with E-state index in [-0.39, 0.29) is 16.9 Å². The van der Waals surface area contributed by atoms with Crippen molar-refractivity contribution in [3.8, 4) is 23.0 Å². The lowest BCUT2D eigenvalue weighted by Crippen LogP contribution is -2.46. The van der Waals surface area contributed by atoms with E-state index in [9.17, 15) is 9.90 Å². The molecule has 1 aromatic heterocycles. The van der Waals surface area contributed by atoms with E-state index < -0.39 is 0 Å². The monoisotopic (exact) mass is 458 g/mol. The Bertz CT molecular complexity index is 1340. The molecule has 2 heterocycles. The number of aromatic hydroxyl groups is 1. The third kappa shape index (κ3) is 4.43. The van der Waals surface area contributed by atoms with Gasteiger partial charge in [-0.1, -0.05) is 24.3 Å². The molecule has 1 N–H and O–H groups in total. The number of rotatable bonds is 6. The fraction of sp³-hybridized carbons (Fsp3) is 0.222. The molecule has 34 heavy (non-hydrogen) atoms. The number of anilines is 1. The number of methoxy groups -OCH3 is 1. The molecule has 0 spiro atoms. The molecule has 1 saturated heterocycles. The van der Waals surface area contributed by atoms with E-state index in [4.69, 9.17) is 13.9 Å². The number of fused-ring (bicyclic) bond motifs is 1. The van der Waals surface area contributed by atoms with Crippen molar-refractivity contribution in [1.82, 2.24) is 4.90 Å². The van der Waals surface area contributed by atoms with Gasteiger partial charge in [-0.2, -0.15) is 0 Å². The van der Waals surface area contributed by atoms with Crippen LogP contribution in [0.4, 0.5) is 5.69 Å². The van der Waals surface area contributed by atoms with Crippen molar-refractivity contribution >= 4 is 16.7 Å². The standard InChI is InChI=1S/C27H26N2O5/c1-32-20-8-5-9-21(16-20)34-25-18-33-27-22(26(25)31)10-11-24(30)23(27)17-28-12-14-29(15-13-28)19-6-3-2-4-7-19/h2-11,16,18,30H,12-15,17H2,1H3. The van der Waals surface area contributed by atoms with Gasteiger partial charge in [0, 0.05) is 44.5 Å². The summed E-state index contributed by atoms with van der Waals surface area (Å²) in [6.45, 7) is 3.94. The van der Waals surface area contributed by atoms with E-state index >= 15 is 0 Å². The molecule has 1 aliphatic heterocycles. The van der Waals surface area contributed by atoms with Gasteiger partial charge in [-0.15, -0.1) is 0 Å². The van der Waals surface area contributed by atoms with Crippen LogP contribution in [-0.4, -0.2) is 43.3 Å². The molecule has 4 aromatic rings. The first-order chi connectivity index (χ1) is 16.6. The summed E-state index contributed by atoms with van der Waals surface area (Å²) in [6, 6.07) is 20.5. The molecule has 7 heteroatoms. The molecule has 1 aliphatic rings. The maximum Gasteiger partial charge on any atom is 0.235 e. The van der Waals surface area contributed by atoms with Gasteiger partial charge in [-0.05, 0) is 36.4 Å². The van der Waals surface area contributed by atoms with Crippen molar-refractivity contribution in [3.63, 3.8) is 0 Å². The zero-order valence-corrected chi connectivity index (χ0v) is 18.9. The first kappa shape index (κ1) is 21.9. The third-order valence-corrected chi connectivity index (χ3v) is 6.13. The van der Waals surface area contributed by atoms with Crippen LogP contribution in [0.2, 0.25) is 0 Å². The van der Waals surface area contributed by atoms with Gasteiger partial charge in [-0.3, -0.25) is 9.69 Å². The van der Waals surface area contributed by atoms with E-state index in [2.05, 4.69) is 21.9 Å². The van der Waals surface area contributed by atoms with E-state index in [0.717, 1.165) is 26.2 Å². The number of hydrogen-bond acceptors (Lipinski definition) is 7. The van der Waals surface area contributed by atoms with Crippen molar-refractivity contribution < 1.29 is 19.0 Å². The van der Waals surface area contributed by atoms with Gasteiger partial charge < -0.3 is 23.9 Å². The Balaban J connectivity index is 1.36. The zero-order valence-electron chi connectivity index (χ0n) is 18.9. The van der Waals surface area contributed by atoms with Crippen LogP contribution in [0, 0.1) is 0 Å². The van der Waals surface area contributed by atoms with E-state index in [1.165, 1.54) is 12.0 Å². The third-order valence-electron chi connectivity index (χ3n) is 6.13. The fourth-order valence-corrected chi connectivity index (χ4v) is 4.27. The maximum atomic E-state index is 13.1. The molecule has 7 nitrogen and oxygen atoms in total. The Labute approximate surface area is 197 Å². The number of para-hydroxylation sites is 1. The number of piperazine rings is 1. The van der Waals surface area contributed by atoms with Crippen molar-refractivity contribution in [3.05, 3.63) is 88.8 Å². The van der Waals surface area contributed by atoms with Crippen LogP contribution in [0.25, 0.3) is 11.0 Å². The Hall–Kier alpha value is -3.97. The van der Waals surface area contributed by atoms with E-state index in [0.29, 0.717) is 34.6 Å². The molecular formula is C27H26N2O5. The molecule has 0 radical (unpaired) electrons. The van der Waals surface area contributed by atoms with Gasteiger partial charge >= 0.3 is 0 Å². The predicted octanol–water partition coefficient (Wildman–Crippen LogP) is 4.62. The Morgan fingerprint density at radius 3 is 2.47 bits per heavy atom. The minimum atomic E-state index is -0.292. The number of nitrogens with zero attached hydrogens (tertiary/aromatic N) is 2. The molecule has 0 unspecified atom stereocenters. The van der Waals surface area contributed by atoms with Gasteiger partial charge in [0.05, 0.1) is 18.1 Å². The van der Waals surface area contributed by atoms with Crippen LogP contribution >= 0.6 is 0 Å². The highest BCUT2D eigenvalue weighted by Crippen LogP contribution is 2.30. The van der Waals surface area contributed by atoms with E-state index in [1.807, 2.05) is 18.2 Å². The summed E-state index contributed by atoms with van der Waals surface area (Å²) in [5, 5.41) is 10.9. The normalized spacial score (nSPS) is 14.3. The van der Waals surface area contributed by atoms with Crippen molar-refractivity contribution in [1.29, 1.82) is 0 Å². The lowest BCUT2D eigenvalue weighted by Gasteiger charge is -2.36. The maximum absolute atomic E-state index is 13.1. The largest absolute Gasteiger partial charge is 0.507 e. The Morgan fingerprint density at radius 1 is 0.941 bits per heavy atom. The van der Waals surface area contributed by atoms with Crippen LogP contribution in [-0.2, 0) is 6.54 Å². The fourth-order valence-electron chi connectivity index (χ4n) is 4.27. The summed E-state index contributed by atoms with van der Waals surface area (Å²) in [4.78, 5) is 17.7. The summed E-state index contributed by atoms with van der Waals surface area (Å²) in [5.41, 5.74) is 1.91. The molecular weight excluding hydrogens is 432 g/mol. The molecule has 174 valence electrons. The zero-order chi connectivity index (χ0) is 23.5. The number of phenolic OH excluding ortho intramolecular Hbond substituents is 1. The van der Waals surface area contributed by atoms with Crippen LogP contribution in [0.1, 0.15) is 5.56 Å². The van der Waals surface area contributed by atoms with Crippen LogP contribution < -0.4 is 19.8 Å². The van der Waals surface area contributed by atoms with Gasteiger partial charge in [-0.25, -0.2) is 0 Å². The summed E-state index contributed by atoms with van der Waals surface area (Å²) >= 11 is 0. The minimum absolute atomic E-state index is 0.0777. The molecule has 5 rings (SSSR count). The molecule has 0 saturated carbocycles. The number of hydrogen-bond donors (Lipinski definition) is 1. The topological polar surface area (TPSA) is 75.4 Å². The number of ether oxygens (including phenoxy) is 2. The molecule has 0 bridgehead atoms. The van der Waals surface area contributed by atoms with Gasteiger partial charge in [0.2, 0.25) is 11.2 Å². The average molecular weight is 459 g/mol. The lowest BCUT2D eigenvalue weighted by molar-refractivity contribution is 0.246. The second kappa shape index (κ2) is 9.49. The second-order valence-electron chi connectivity index (χ2n) is 8.25. The second-order valence-corrected chi connectivity index (χ2v) is 8.25. The van der Waals surface area contributed by atoms with Crippen LogP contribution in [0.3, 0.4) is 0 Å². The molecule has 0 aliphatic carbocycles. The lowest BCUT2D eigenvalue weighted by atomic mass is 10.1. The highest BCUT2D eigenvalue weighted by atomic mass is 16.5. The van der Waals surface area contributed by atoms with Gasteiger partial charge in [0.15, 0.2) is 0 Å². The van der Waals surface area contributed by atoms with Crippen molar-refractivity contribution in [2.75, 3.05) is 38.2 Å². The molecule has 0 amide bonds. The minimum Gasteiger partial charge on any atom is -0.507 e. The molecule has 0 atom stereocenters. The van der Waals surface area contributed by atoms with Crippen molar-refractivity contribution in [2.24, 2.45) is 0 Å². The van der Waals surface area contributed by atoms with Crippen molar-refractivity contribution in [2.45, 2.75) is 6.54 Å². The summed E-state index contributed by atoms with van der Waals surface area (Å²) < 4.78 is 16.8. The SMILES string of the molecule is COc1cccc(Oc2coc3c(CN4CCN(c5ccccc5)CC4)c(O)ccc3c2=O)c1. The quantitative estimate of drug-likeness (QED) is 0.452. The smallest absolute Gasteiger partial charge is 0.235 e. The number of benzene rings is 3. The first-order valence-electron chi connectivity index (χ1n) is 11.2. The van der Waals surface area contributed by atoms with Crippen LogP contribution in [0.15, 0.2) is 82.2 Å². The number of phenols is 1. The van der Waals surface area contributed by atoms with E-state index in [1.54, 1.807) is 43.5 Å².